The second-order valence-corrected chi connectivity index (χ2v) is 8.40. The molecule has 36 heavy (non-hydrogen) atoms. The van der Waals surface area contributed by atoms with E-state index in [-0.39, 0.29) is 23.0 Å². The highest BCUT2D eigenvalue weighted by Gasteiger charge is 2.23. The molecule has 1 aliphatic rings. The third-order valence-corrected chi connectivity index (χ3v) is 5.98. The van der Waals surface area contributed by atoms with Crippen LogP contribution in [-0.4, -0.2) is 54.1 Å². The third kappa shape index (κ3) is 4.52. The first kappa shape index (κ1) is 23.5. The number of hydrogen-bond acceptors (Lipinski definition) is 7. The van der Waals surface area contributed by atoms with Crippen molar-refractivity contribution in [3.63, 3.8) is 0 Å². The molecule has 5 rings (SSSR count). The smallest absolute Gasteiger partial charge is 0.260 e. The zero-order chi connectivity index (χ0) is 25.2. The maximum atomic E-state index is 15.1. The number of anilines is 3. The van der Waals surface area contributed by atoms with Crippen molar-refractivity contribution >= 4 is 34.0 Å². The second-order valence-electron chi connectivity index (χ2n) is 8.40. The topological polar surface area (TPSA) is 107 Å². The molecule has 2 aromatic carbocycles. The van der Waals surface area contributed by atoms with Crippen LogP contribution in [0.5, 0.6) is 11.6 Å². The minimum absolute atomic E-state index is 0.0451. The van der Waals surface area contributed by atoms with E-state index in [9.17, 15) is 9.18 Å². The van der Waals surface area contributed by atoms with Crippen LogP contribution in [0.1, 0.15) is 16.1 Å². The molecule has 1 aliphatic heterocycles. The number of aromatic nitrogens is 3. The number of hydrogen-bond donors (Lipinski definition) is 4. The van der Waals surface area contributed by atoms with Crippen LogP contribution in [0.25, 0.3) is 10.9 Å². The zero-order valence-electron chi connectivity index (χ0n) is 19.8. The maximum Gasteiger partial charge on any atom is 0.260 e. The Morgan fingerprint density at radius 1 is 1.11 bits per heavy atom. The molecular formula is C25H25F2N7O2. The average Bonchev–Trinajstić information content (AvgIpc) is 3.27. The molecule has 3 heterocycles. The molecule has 0 atom stereocenters. The molecular weight excluding hydrogens is 468 g/mol. The molecule has 0 bridgehead atoms. The van der Waals surface area contributed by atoms with Crippen molar-refractivity contribution in [2.45, 2.75) is 6.92 Å². The molecule has 0 spiro atoms. The third-order valence-electron chi connectivity index (χ3n) is 5.98. The van der Waals surface area contributed by atoms with Crippen LogP contribution < -0.4 is 25.6 Å². The lowest BCUT2D eigenvalue weighted by molar-refractivity contribution is 0.0960. The van der Waals surface area contributed by atoms with Gasteiger partial charge < -0.3 is 30.6 Å². The standard InChI is InChI=1S/C25H25F2N7O2/c1-14-11-16-18(32-14)4-6-20(22(16)27)36-25-21(24(35)28-2)23(30-13-31-25)33-15-3-5-19(17(26)12-15)34-9-7-29-8-10-34/h3-6,11-13,29,32H,7-10H2,1-2H3,(H,28,35)(H,30,31,33). The van der Waals surface area contributed by atoms with E-state index in [2.05, 4.69) is 30.9 Å². The molecule has 0 radical (unpaired) electrons. The van der Waals surface area contributed by atoms with Crippen molar-refractivity contribution in [2.75, 3.05) is 43.4 Å². The molecule has 0 aliphatic carbocycles. The molecule has 0 unspecified atom stereocenters. The Morgan fingerprint density at radius 3 is 2.67 bits per heavy atom. The summed E-state index contributed by atoms with van der Waals surface area (Å²) in [4.78, 5) is 26.0. The molecule has 9 nitrogen and oxygen atoms in total. The number of rotatable bonds is 6. The largest absolute Gasteiger partial charge is 0.435 e. The Bertz CT molecular complexity index is 1430. The van der Waals surface area contributed by atoms with Gasteiger partial charge in [0.2, 0.25) is 5.88 Å². The van der Waals surface area contributed by atoms with E-state index in [0.29, 0.717) is 35.4 Å². The number of carbonyl (C=O) groups excluding carboxylic acids is 1. The summed E-state index contributed by atoms with van der Waals surface area (Å²) in [5.41, 5.74) is 2.27. The zero-order valence-corrected chi connectivity index (χ0v) is 19.8. The fourth-order valence-corrected chi connectivity index (χ4v) is 4.23. The Balaban J connectivity index is 1.47. The van der Waals surface area contributed by atoms with E-state index >= 15 is 4.39 Å². The molecule has 2 aromatic heterocycles. The number of nitrogens with zero attached hydrogens (tertiary/aromatic N) is 3. The maximum absolute atomic E-state index is 15.1. The fraction of sp³-hybridized carbons (Fsp3) is 0.240. The molecule has 186 valence electrons. The summed E-state index contributed by atoms with van der Waals surface area (Å²) in [7, 11) is 1.44. The van der Waals surface area contributed by atoms with Gasteiger partial charge in [0, 0.05) is 55.5 Å². The lowest BCUT2D eigenvalue weighted by atomic mass is 10.2. The van der Waals surface area contributed by atoms with Gasteiger partial charge in [-0.05, 0) is 43.3 Å². The highest BCUT2D eigenvalue weighted by atomic mass is 19.1. The van der Waals surface area contributed by atoms with Gasteiger partial charge in [0.1, 0.15) is 17.7 Å². The number of piperazine rings is 1. The van der Waals surface area contributed by atoms with Crippen LogP contribution in [0.15, 0.2) is 42.7 Å². The van der Waals surface area contributed by atoms with Gasteiger partial charge >= 0.3 is 0 Å². The van der Waals surface area contributed by atoms with E-state index in [4.69, 9.17) is 4.74 Å². The first-order chi connectivity index (χ1) is 17.4. The first-order valence-corrected chi connectivity index (χ1v) is 11.5. The minimum atomic E-state index is -0.585. The molecule has 4 N–H and O–H groups in total. The molecule has 0 saturated carbocycles. The number of nitrogens with one attached hydrogen (secondary N) is 4. The summed E-state index contributed by atoms with van der Waals surface area (Å²) < 4.78 is 35.8. The van der Waals surface area contributed by atoms with Gasteiger partial charge in [0.15, 0.2) is 17.4 Å². The number of halogens is 2. The number of H-pyrrole nitrogens is 1. The summed E-state index contributed by atoms with van der Waals surface area (Å²) in [6.45, 7) is 4.82. The van der Waals surface area contributed by atoms with Gasteiger partial charge in [-0.15, -0.1) is 0 Å². The van der Waals surface area contributed by atoms with Crippen LogP contribution in [0.4, 0.5) is 26.0 Å². The number of amides is 1. The summed E-state index contributed by atoms with van der Waals surface area (Å²) >= 11 is 0. The Kier molecular flexibility index (Phi) is 6.38. The van der Waals surface area contributed by atoms with E-state index in [1.165, 1.54) is 25.5 Å². The molecule has 1 fully saturated rings. The van der Waals surface area contributed by atoms with Crippen LogP contribution in [0, 0.1) is 18.6 Å². The van der Waals surface area contributed by atoms with Crippen molar-refractivity contribution in [1.82, 2.24) is 25.6 Å². The van der Waals surface area contributed by atoms with Crippen LogP contribution in [-0.2, 0) is 0 Å². The van der Waals surface area contributed by atoms with Crippen molar-refractivity contribution in [2.24, 2.45) is 0 Å². The fourth-order valence-electron chi connectivity index (χ4n) is 4.23. The molecule has 4 aromatic rings. The van der Waals surface area contributed by atoms with Crippen LogP contribution >= 0.6 is 0 Å². The number of carbonyl (C=O) groups is 1. The van der Waals surface area contributed by atoms with E-state index in [1.807, 2.05) is 11.8 Å². The van der Waals surface area contributed by atoms with Gasteiger partial charge in [-0.25, -0.2) is 18.7 Å². The van der Waals surface area contributed by atoms with Crippen molar-refractivity contribution in [1.29, 1.82) is 0 Å². The van der Waals surface area contributed by atoms with Gasteiger partial charge in [0.25, 0.3) is 5.91 Å². The predicted octanol–water partition coefficient (Wildman–Crippen LogP) is 3.85. The minimum Gasteiger partial charge on any atom is -0.435 e. The number of ether oxygens (including phenoxy) is 1. The first-order valence-electron chi connectivity index (χ1n) is 11.5. The second kappa shape index (κ2) is 9.78. The lowest BCUT2D eigenvalue weighted by Crippen LogP contribution is -2.43. The van der Waals surface area contributed by atoms with Crippen molar-refractivity contribution in [3.05, 3.63) is 65.6 Å². The lowest BCUT2D eigenvalue weighted by Gasteiger charge is -2.29. The van der Waals surface area contributed by atoms with Gasteiger partial charge in [0.05, 0.1) is 5.69 Å². The SMILES string of the molecule is CNC(=O)c1c(Nc2ccc(N3CCNCC3)c(F)c2)ncnc1Oc1ccc2[nH]c(C)cc2c1F. The highest BCUT2D eigenvalue weighted by Crippen LogP contribution is 2.34. The summed E-state index contributed by atoms with van der Waals surface area (Å²) in [5.74, 6) is -1.68. The average molecular weight is 494 g/mol. The van der Waals surface area contributed by atoms with Gasteiger partial charge in [-0.2, -0.15) is 0 Å². The quantitative estimate of drug-likeness (QED) is 0.323. The Hall–Kier alpha value is -4.25. The van der Waals surface area contributed by atoms with Crippen LogP contribution in [0.3, 0.4) is 0 Å². The van der Waals surface area contributed by atoms with E-state index in [0.717, 1.165) is 18.8 Å². The van der Waals surface area contributed by atoms with E-state index < -0.39 is 17.5 Å². The number of aryl methyl sites for hydroxylation is 1. The van der Waals surface area contributed by atoms with Gasteiger partial charge in [-0.1, -0.05) is 0 Å². The summed E-state index contributed by atoms with van der Waals surface area (Å²) in [6, 6.07) is 9.55. The highest BCUT2D eigenvalue weighted by molar-refractivity contribution is 6.01. The van der Waals surface area contributed by atoms with E-state index in [1.54, 1.807) is 24.3 Å². The summed E-state index contributed by atoms with van der Waals surface area (Å²) in [5, 5.41) is 9.09. The normalized spacial score (nSPS) is 13.6. The number of aromatic amines is 1. The Labute approximate surface area is 205 Å². The predicted molar refractivity (Wildman–Crippen MR) is 133 cm³/mol. The van der Waals surface area contributed by atoms with Crippen molar-refractivity contribution in [3.8, 4) is 11.6 Å². The molecule has 1 saturated heterocycles. The summed E-state index contributed by atoms with van der Waals surface area (Å²) in [6.07, 6.45) is 1.19. The monoisotopic (exact) mass is 493 g/mol. The molecule has 11 heteroatoms. The van der Waals surface area contributed by atoms with Crippen molar-refractivity contribution < 1.29 is 18.3 Å². The molecule has 1 amide bonds. The Morgan fingerprint density at radius 2 is 1.92 bits per heavy atom. The van der Waals surface area contributed by atoms with Crippen LogP contribution in [0.2, 0.25) is 0 Å². The van der Waals surface area contributed by atoms with Gasteiger partial charge in [-0.3, -0.25) is 4.79 Å². The number of benzene rings is 2. The number of fused-ring (bicyclic) bond motifs is 1.